The van der Waals surface area contributed by atoms with Crippen molar-refractivity contribution in [2.45, 2.75) is 6.54 Å². The highest BCUT2D eigenvalue weighted by Crippen LogP contribution is 2.08. The number of rotatable bonds is 3. The molecule has 1 heterocycles. The van der Waals surface area contributed by atoms with Crippen LogP contribution in [0.5, 0.6) is 0 Å². The number of carbonyl (C=O) groups excluding carboxylic acids is 1. The molecule has 0 aliphatic heterocycles. The third-order valence-electron chi connectivity index (χ3n) is 2.32. The lowest BCUT2D eigenvalue weighted by Crippen LogP contribution is -2.24. The number of benzene rings is 1. The number of hydrogen-bond donors (Lipinski definition) is 0. The molecule has 0 N–H and O–H groups in total. The molecule has 2 aromatic rings. The second-order valence-corrected chi connectivity index (χ2v) is 3.65. The quantitative estimate of drug-likeness (QED) is 0.565. The van der Waals surface area contributed by atoms with Gasteiger partial charge in [-0.05, 0) is 12.1 Å². The van der Waals surface area contributed by atoms with Gasteiger partial charge in [0.05, 0.1) is 12.6 Å². The van der Waals surface area contributed by atoms with E-state index in [-0.39, 0.29) is 17.9 Å². The molecule has 0 saturated heterocycles. The average molecular weight is 219 g/mol. The fraction of sp³-hybridized carbons (Fsp3) is 0.167. The largest absolute Gasteiger partial charge is 0.290 e. The normalized spacial score (nSPS) is 10.4. The molecule has 0 aliphatic carbocycles. The number of Topliss-reactive ketones (excluding diaryl/α,β-unsaturated/α-hetero) is 1. The topological polar surface area (TPSA) is 25.9 Å². The Morgan fingerprint density at radius 3 is 2.81 bits per heavy atom. The number of carbonyl (C=O) groups is 1. The van der Waals surface area contributed by atoms with E-state index in [9.17, 15) is 9.18 Å². The van der Waals surface area contributed by atoms with Crippen molar-refractivity contribution in [3.63, 3.8) is 0 Å². The summed E-state index contributed by atoms with van der Waals surface area (Å²) in [5.41, 5.74) is 0.138. The van der Waals surface area contributed by atoms with Crippen LogP contribution in [0.25, 0.3) is 0 Å². The molecule has 0 bridgehead atoms. The number of ketones is 1. The maximum atomic E-state index is 13.3. The van der Waals surface area contributed by atoms with E-state index in [1.165, 1.54) is 12.1 Å². The number of aromatic nitrogens is 2. The van der Waals surface area contributed by atoms with Gasteiger partial charge in [-0.3, -0.25) is 4.79 Å². The second kappa shape index (κ2) is 4.26. The van der Waals surface area contributed by atoms with Crippen LogP contribution in [-0.2, 0) is 13.6 Å². The molecule has 1 aromatic heterocycles. The van der Waals surface area contributed by atoms with Gasteiger partial charge in [-0.1, -0.05) is 12.1 Å². The van der Waals surface area contributed by atoms with Gasteiger partial charge in [-0.25, -0.2) is 13.5 Å². The Bertz CT molecular complexity index is 519. The van der Waals surface area contributed by atoms with E-state index in [0.29, 0.717) is 0 Å². The summed E-state index contributed by atoms with van der Waals surface area (Å²) in [5, 5.41) is 0. The molecule has 0 atom stereocenters. The van der Waals surface area contributed by atoms with Crippen molar-refractivity contribution in [2.24, 2.45) is 7.05 Å². The van der Waals surface area contributed by atoms with Crippen molar-refractivity contribution in [3.05, 3.63) is 54.4 Å². The summed E-state index contributed by atoms with van der Waals surface area (Å²) in [6, 6.07) is 6.03. The minimum atomic E-state index is -0.468. The molecule has 0 radical (unpaired) electrons. The van der Waals surface area contributed by atoms with Crippen LogP contribution in [0.1, 0.15) is 10.4 Å². The van der Waals surface area contributed by atoms with Gasteiger partial charge in [0.15, 0.2) is 6.54 Å². The van der Waals surface area contributed by atoms with Crippen LogP contribution < -0.4 is 4.57 Å². The molecule has 0 spiro atoms. The predicted octanol–water partition coefficient (Wildman–Crippen LogP) is 1.33. The Morgan fingerprint density at radius 1 is 1.44 bits per heavy atom. The predicted molar refractivity (Wildman–Crippen MR) is 56.3 cm³/mol. The minimum Gasteiger partial charge on any atom is -0.290 e. The fourth-order valence-electron chi connectivity index (χ4n) is 1.53. The van der Waals surface area contributed by atoms with Gasteiger partial charge in [-0.2, -0.15) is 0 Å². The van der Waals surface area contributed by atoms with E-state index in [1.807, 2.05) is 17.8 Å². The van der Waals surface area contributed by atoms with Crippen molar-refractivity contribution in [1.29, 1.82) is 0 Å². The first-order valence-corrected chi connectivity index (χ1v) is 4.95. The van der Waals surface area contributed by atoms with E-state index < -0.39 is 5.82 Å². The van der Waals surface area contributed by atoms with E-state index in [0.717, 1.165) is 0 Å². The Hall–Kier alpha value is -1.97. The summed E-state index contributed by atoms with van der Waals surface area (Å²) in [4.78, 5) is 11.8. The van der Waals surface area contributed by atoms with Crippen LogP contribution in [0, 0.1) is 5.82 Å². The summed E-state index contributed by atoms with van der Waals surface area (Å²) < 4.78 is 16.9. The van der Waals surface area contributed by atoms with E-state index in [2.05, 4.69) is 0 Å². The number of aryl methyl sites for hydroxylation is 1. The molecule has 0 unspecified atom stereocenters. The van der Waals surface area contributed by atoms with Crippen LogP contribution in [-0.4, -0.2) is 10.4 Å². The van der Waals surface area contributed by atoms with E-state index in [1.54, 1.807) is 29.2 Å². The number of hydrogen-bond acceptors (Lipinski definition) is 1. The maximum Gasteiger partial charge on any atom is 0.243 e. The third-order valence-corrected chi connectivity index (χ3v) is 2.32. The molecule has 2 rings (SSSR count). The summed E-state index contributed by atoms with van der Waals surface area (Å²) in [7, 11) is 1.87. The highest BCUT2D eigenvalue weighted by atomic mass is 19.1. The molecule has 0 fully saturated rings. The molecule has 1 aromatic carbocycles. The zero-order chi connectivity index (χ0) is 11.5. The Morgan fingerprint density at radius 2 is 2.19 bits per heavy atom. The van der Waals surface area contributed by atoms with Crippen LogP contribution in [0.2, 0.25) is 0 Å². The van der Waals surface area contributed by atoms with E-state index >= 15 is 0 Å². The fourth-order valence-corrected chi connectivity index (χ4v) is 1.53. The minimum absolute atomic E-state index is 0.138. The van der Waals surface area contributed by atoms with Crippen molar-refractivity contribution in [1.82, 2.24) is 4.57 Å². The Balaban J connectivity index is 2.18. The third kappa shape index (κ3) is 2.16. The van der Waals surface area contributed by atoms with Crippen LogP contribution >= 0.6 is 0 Å². The molecule has 0 saturated carbocycles. The van der Waals surface area contributed by atoms with Gasteiger partial charge in [0, 0.05) is 0 Å². The summed E-state index contributed by atoms with van der Waals surface area (Å²) in [6.45, 7) is 0.155. The molecule has 4 heteroatoms. The first kappa shape index (κ1) is 10.5. The maximum absolute atomic E-state index is 13.3. The van der Waals surface area contributed by atoms with E-state index in [4.69, 9.17) is 0 Å². The monoisotopic (exact) mass is 219 g/mol. The van der Waals surface area contributed by atoms with Crippen molar-refractivity contribution in [2.75, 3.05) is 0 Å². The zero-order valence-electron chi connectivity index (χ0n) is 8.93. The average Bonchev–Trinajstić information content (AvgIpc) is 2.64. The zero-order valence-corrected chi connectivity index (χ0v) is 8.93. The highest BCUT2D eigenvalue weighted by Gasteiger charge is 2.14. The van der Waals surface area contributed by atoms with Crippen LogP contribution in [0.4, 0.5) is 4.39 Å². The second-order valence-electron chi connectivity index (χ2n) is 3.65. The Labute approximate surface area is 92.8 Å². The summed E-state index contributed by atoms with van der Waals surface area (Å²) in [6.07, 6.45) is 5.38. The standard InChI is InChI=1S/C12H12FN2O/c1-14-6-7-15(9-14)8-12(16)10-4-2-3-5-11(10)13/h2-7,9H,8H2,1H3/q+1. The van der Waals surface area contributed by atoms with Crippen molar-refractivity contribution < 1.29 is 13.8 Å². The number of imidazole rings is 1. The first-order valence-electron chi connectivity index (χ1n) is 4.95. The van der Waals surface area contributed by atoms with Crippen LogP contribution in [0.15, 0.2) is 43.0 Å². The molecular weight excluding hydrogens is 207 g/mol. The molecule has 3 nitrogen and oxygen atoms in total. The first-order chi connectivity index (χ1) is 7.66. The summed E-state index contributed by atoms with van der Waals surface area (Å²) in [5.74, 6) is -0.696. The SMILES string of the molecule is C[n+]1ccn(CC(=O)c2ccccc2F)c1. The molecule has 16 heavy (non-hydrogen) atoms. The summed E-state index contributed by atoms with van der Waals surface area (Å²) >= 11 is 0. The molecule has 82 valence electrons. The van der Waals surface area contributed by atoms with Gasteiger partial charge >= 0.3 is 0 Å². The highest BCUT2D eigenvalue weighted by molar-refractivity contribution is 5.96. The van der Waals surface area contributed by atoms with Crippen LogP contribution in [0.3, 0.4) is 0 Å². The molecule has 0 amide bonds. The van der Waals surface area contributed by atoms with Gasteiger partial charge in [0.2, 0.25) is 12.1 Å². The van der Waals surface area contributed by atoms with Gasteiger partial charge in [0.25, 0.3) is 0 Å². The smallest absolute Gasteiger partial charge is 0.243 e. The van der Waals surface area contributed by atoms with Gasteiger partial charge in [0.1, 0.15) is 18.2 Å². The van der Waals surface area contributed by atoms with Gasteiger partial charge in [-0.15, -0.1) is 0 Å². The lowest BCUT2D eigenvalue weighted by Gasteiger charge is -1.99. The Kier molecular flexibility index (Phi) is 2.81. The molecular formula is C12H12FN2O+. The number of halogens is 1. The van der Waals surface area contributed by atoms with Crippen molar-refractivity contribution >= 4 is 5.78 Å². The van der Waals surface area contributed by atoms with Crippen molar-refractivity contribution in [3.8, 4) is 0 Å². The lowest BCUT2D eigenvalue weighted by atomic mass is 10.1. The molecule has 0 aliphatic rings. The lowest BCUT2D eigenvalue weighted by molar-refractivity contribution is -0.671. The number of nitrogens with zero attached hydrogens (tertiary/aromatic N) is 2. The van der Waals surface area contributed by atoms with Gasteiger partial charge < -0.3 is 0 Å².